The molecule has 168 valence electrons. The predicted molar refractivity (Wildman–Crippen MR) is 140 cm³/mol. The van der Waals surface area contributed by atoms with Gasteiger partial charge in [-0.1, -0.05) is 89.7 Å². The number of halogens is 1. The first-order valence-corrected chi connectivity index (χ1v) is 12.2. The molecule has 5 aromatic rings. The van der Waals surface area contributed by atoms with Gasteiger partial charge in [-0.2, -0.15) is 0 Å². The third kappa shape index (κ3) is 4.45. The van der Waals surface area contributed by atoms with Gasteiger partial charge in [0.05, 0.1) is 28.4 Å². The summed E-state index contributed by atoms with van der Waals surface area (Å²) in [5.41, 5.74) is 4.40. The van der Waals surface area contributed by atoms with Gasteiger partial charge in [0.1, 0.15) is 0 Å². The van der Waals surface area contributed by atoms with Crippen molar-refractivity contribution in [3.63, 3.8) is 0 Å². The molecule has 2 heterocycles. The molecule has 34 heavy (non-hydrogen) atoms. The second kappa shape index (κ2) is 9.75. The first-order chi connectivity index (χ1) is 16.6. The number of carbonyl (C=O) groups is 1. The van der Waals surface area contributed by atoms with Crippen LogP contribution in [0, 0.1) is 6.92 Å². The molecule has 2 aromatic heterocycles. The van der Waals surface area contributed by atoms with E-state index in [1.54, 1.807) is 11.1 Å². The van der Waals surface area contributed by atoms with Crippen molar-refractivity contribution in [1.82, 2.24) is 9.97 Å². The van der Waals surface area contributed by atoms with Gasteiger partial charge in [-0.05, 0) is 47.9 Å². The number of hydrogen-bond donors (Lipinski definition) is 0. The number of amides is 1. The Morgan fingerprint density at radius 2 is 1.56 bits per heavy atom. The van der Waals surface area contributed by atoms with E-state index in [2.05, 4.69) is 4.98 Å². The Balaban J connectivity index is 1.64. The topological polar surface area (TPSA) is 46.1 Å². The molecule has 0 aliphatic rings. The lowest BCUT2D eigenvalue weighted by molar-refractivity contribution is -0.119. The van der Waals surface area contributed by atoms with Crippen LogP contribution in [0.25, 0.3) is 10.2 Å². The van der Waals surface area contributed by atoms with Crippen molar-refractivity contribution >= 4 is 44.2 Å². The average Bonchev–Trinajstić information content (AvgIpc) is 3.32. The lowest BCUT2D eigenvalue weighted by atomic mass is 9.90. The molecule has 0 N–H and O–H groups in total. The number of pyridine rings is 1. The number of aryl methyl sites for hydroxylation is 1. The predicted octanol–water partition coefficient (Wildman–Crippen LogP) is 7.02. The summed E-state index contributed by atoms with van der Waals surface area (Å²) < 4.78 is 0.992. The highest BCUT2D eigenvalue weighted by molar-refractivity contribution is 7.22. The second-order valence-corrected chi connectivity index (χ2v) is 9.43. The minimum atomic E-state index is -0.470. The third-order valence-electron chi connectivity index (χ3n) is 5.79. The molecule has 0 radical (unpaired) electrons. The number of nitrogens with zero attached hydrogens (tertiary/aromatic N) is 3. The summed E-state index contributed by atoms with van der Waals surface area (Å²) in [5, 5.41) is 1.30. The van der Waals surface area contributed by atoms with E-state index in [1.807, 2.05) is 97.9 Å². The largest absolute Gasteiger partial charge is 0.281 e. The maximum Gasteiger partial charge on any atom is 0.241 e. The first-order valence-electron chi connectivity index (χ1n) is 11.0. The molecule has 5 rings (SSSR count). The monoisotopic (exact) mass is 483 g/mol. The van der Waals surface area contributed by atoms with Crippen LogP contribution >= 0.6 is 22.9 Å². The average molecular weight is 484 g/mol. The van der Waals surface area contributed by atoms with Crippen LogP contribution in [0.5, 0.6) is 0 Å². The number of thiazole rings is 1. The van der Waals surface area contributed by atoms with Crippen molar-refractivity contribution < 1.29 is 4.79 Å². The van der Waals surface area contributed by atoms with Gasteiger partial charge in [0, 0.05) is 11.2 Å². The molecular weight excluding hydrogens is 462 g/mol. The molecule has 0 bridgehead atoms. The number of fused-ring (bicyclic) bond motifs is 1. The number of aromatic nitrogens is 2. The minimum Gasteiger partial charge on any atom is -0.281 e. The zero-order valence-electron chi connectivity index (χ0n) is 18.6. The smallest absolute Gasteiger partial charge is 0.241 e. The lowest BCUT2D eigenvalue weighted by Gasteiger charge is -2.26. The molecule has 0 unspecified atom stereocenters. The Bertz CT molecular complexity index is 1380. The van der Waals surface area contributed by atoms with Crippen LogP contribution in [-0.2, 0) is 11.3 Å². The number of rotatable bonds is 6. The van der Waals surface area contributed by atoms with E-state index in [0.717, 1.165) is 32.6 Å². The molecule has 0 aliphatic heterocycles. The van der Waals surface area contributed by atoms with E-state index in [0.29, 0.717) is 16.7 Å². The van der Waals surface area contributed by atoms with E-state index in [1.165, 1.54) is 11.3 Å². The van der Waals surface area contributed by atoms with E-state index >= 15 is 0 Å². The second-order valence-electron chi connectivity index (χ2n) is 8.02. The fraction of sp³-hybridized carbons (Fsp3) is 0.107. The van der Waals surface area contributed by atoms with Crippen LogP contribution in [0.1, 0.15) is 28.3 Å². The van der Waals surface area contributed by atoms with Crippen LogP contribution in [0.3, 0.4) is 0 Å². The van der Waals surface area contributed by atoms with Gasteiger partial charge in [0.2, 0.25) is 5.91 Å². The minimum absolute atomic E-state index is 0.0501. The maximum absolute atomic E-state index is 14.3. The fourth-order valence-electron chi connectivity index (χ4n) is 4.02. The summed E-state index contributed by atoms with van der Waals surface area (Å²) in [6.45, 7) is 2.28. The Labute approximate surface area is 207 Å². The molecular formula is C28H22ClN3OS. The van der Waals surface area contributed by atoms with Gasteiger partial charge in [-0.25, -0.2) is 4.98 Å². The van der Waals surface area contributed by atoms with Crippen molar-refractivity contribution in [2.45, 2.75) is 19.4 Å². The zero-order chi connectivity index (χ0) is 23.5. The third-order valence-corrected chi connectivity index (χ3v) is 7.25. The highest BCUT2D eigenvalue weighted by atomic mass is 35.5. The Kier molecular flexibility index (Phi) is 6.39. The van der Waals surface area contributed by atoms with Crippen molar-refractivity contribution in [1.29, 1.82) is 0 Å². The quantitative estimate of drug-likeness (QED) is 0.261. The molecule has 1 amide bonds. The van der Waals surface area contributed by atoms with Gasteiger partial charge >= 0.3 is 0 Å². The summed E-state index contributed by atoms with van der Waals surface area (Å²) in [6, 6.07) is 29.3. The van der Waals surface area contributed by atoms with Crippen molar-refractivity contribution in [3.8, 4) is 0 Å². The van der Waals surface area contributed by atoms with Gasteiger partial charge < -0.3 is 0 Å². The summed E-state index contributed by atoms with van der Waals surface area (Å²) in [6.07, 6.45) is 1.74. The molecule has 0 aliphatic carbocycles. The molecule has 0 spiro atoms. The summed E-state index contributed by atoms with van der Waals surface area (Å²) in [5.74, 6) is -0.520. The van der Waals surface area contributed by atoms with Gasteiger partial charge in [0.15, 0.2) is 5.13 Å². The molecule has 6 heteroatoms. The standard InChI is InChI=1S/C28H22ClN3OS/c1-19-23(29)15-16-24-26(19)31-28(34-24)32(18-22-14-8-9-17-30-22)27(33)25(20-10-4-2-5-11-20)21-12-6-3-7-13-21/h2-17,25H,18H2,1H3. The van der Waals surface area contributed by atoms with E-state index in [9.17, 15) is 4.79 Å². The molecule has 0 saturated heterocycles. The van der Waals surface area contributed by atoms with Crippen molar-refractivity contribution in [2.24, 2.45) is 0 Å². The molecule has 0 saturated carbocycles. The zero-order valence-corrected chi connectivity index (χ0v) is 20.1. The van der Waals surface area contributed by atoms with Crippen molar-refractivity contribution in [2.75, 3.05) is 4.90 Å². The summed E-state index contributed by atoms with van der Waals surface area (Å²) in [7, 11) is 0. The van der Waals surface area contributed by atoms with Crippen molar-refractivity contribution in [3.05, 3.63) is 125 Å². The number of carbonyl (C=O) groups excluding carboxylic acids is 1. The highest BCUT2D eigenvalue weighted by Gasteiger charge is 2.30. The van der Waals surface area contributed by atoms with E-state index in [4.69, 9.17) is 16.6 Å². The van der Waals surface area contributed by atoms with Crippen LogP contribution in [0.4, 0.5) is 5.13 Å². The number of benzene rings is 3. The lowest BCUT2D eigenvalue weighted by Crippen LogP contribution is -2.35. The molecule has 0 atom stereocenters. The van der Waals surface area contributed by atoms with E-state index in [-0.39, 0.29) is 5.91 Å². The number of hydrogen-bond acceptors (Lipinski definition) is 4. The molecule has 0 fully saturated rings. The SMILES string of the molecule is Cc1c(Cl)ccc2sc(N(Cc3ccccn3)C(=O)C(c3ccccc3)c3ccccc3)nc12. The van der Waals surface area contributed by atoms with Crippen LogP contribution in [-0.4, -0.2) is 15.9 Å². The van der Waals surface area contributed by atoms with Gasteiger partial charge in [0.25, 0.3) is 0 Å². The summed E-state index contributed by atoms with van der Waals surface area (Å²) in [4.78, 5) is 25.4. The highest BCUT2D eigenvalue weighted by Crippen LogP contribution is 2.36. The van der Waals surface area contributed by atoms with Crippen LogP contribution < -0.4 is 4.90 Å². The normalized spacial score (nSPS) is 11.1. The molecule has 3 aromatic carbocycles. The first kappa shape index (κ1) is 22.3. The van der Waals surface area contributed by atoms with Gasteiger partial charge in [-0.3, -0.25) is 14.7 Å². The fourth-order valence-corrected chi connectivity index (χ4v) is 5.20. The number of anilines is 1. The summed E-state index contributed by atoms with van der Waals surface area (Å²) >= 11 is 7.84. The Morgan fingerprint density at radius 3 is 2.18 bits per heavy atom. The van der Waals surface area contributed by atoms with Gasteiger partial charge in [-0.15, -0.1) is 0 Å². The molecule has 4 nitrogen and oxygen atoms in total. The van der Waals surface area contributed by atoms with Crippen LogP contribution in [0.2, 0.25) is 5.02 Å². The Hall–Kier alpha value is -3.54. The van der Waals surface area contributed by atoms with E-state index < -0.39 is 5.92 Å². The van der Waals surface area contributed by atoms with Crippen LogP contribution in [0.15, 0.2) is 97.2 Å². The maximum atomic E-state index is 14.3. The Morgan fingerprint density at radius 1 is 0.912 bits per heavy atom.